The second kappa shape index (κ2) is 11.6. The number of amides is 1. The van der Waals surface area contributed by atoms with E-state index in [9.17, 15) is 22.4 Å². The number of alkyl halides is 3. The van der Waals surface area contributed by atoms with E-state index in [2.05, 4.69) is 20.6 Å². The summed E-state index contributed by atoms with van der Waals surface area (Å²) < 4.78 is 59.1. The zero-order valence-electron chi connectivity index (χ0n) is 22.0. The zero-order valence-corrected chi connectivity index (χ0v) is 22.0. The number of likely N-dealkylation sites (N-methyl/N-ethyl adjacent to an activating group) is 1. The van der Waals surface area contributed by atoms with Crippen LogP contribution >= 0.6 is 0 Å². The van der Waals surface area contributed by atoms with Gasteiger partial charge >= 0.3 is 6.18 Å². The van der Waals surface area contributed by atoms with E-state index in [1.165, 1.54) is 7.11 Å². The molecule has 0 spiro atoms. The molecule has 1 atom stereocenters. The summed E-state index contributed by atoms with van der Waals surface area (Å²) in [4.78, 5) is 24.2. The van der Waals surface area contributed by atoms with Crippen molar-refractivity contribution < 1.29 is 27.1 Å². The van der Waals surface area contributed by atoms with Crippen molar-refractivity contribution in [3.8, 4) is 17.1 Å². The number of nitrogens with one attached hydrogen (secondary N) is 2. The molecular weight excluding hydrogens is 514 g/mol. The van der Waals surface area contributed by atoms with Gasteiger partial charge in [0.15, 0.2) is 0 Å². The van der Waals surface area contributed by atoms with Crippen LogP contribution in [0.4, 0.5) is 23.2 Å². The van der Waals surface area contributed by atoms with Crippen molar-refractivity contribution in [2.24, 2.45) is 0 Å². The molecule has 0 aliphatic carbocycles. The first kappa shape index (κ1) is 28.3. The van der Waals surface area contributed by atoms with Gasteiger partial charge in [-0.05, 0) is 68.8 Å². The number of benzene rings is 1. The molecule has 3 aromatic rings. The summed E-state index contributed by atoms with van der Waals surface area (Å²) in [5.41, 5.74) is 0.135. The van der Waals surface area contributed by atoms with Crippen LogP contribution in [-0.2, 0) is 16.4 Å². The molecule has 1 aromatic carbocycles. The van der Waals surface area contributed by atoms with Gasteiger partial charge in [0.2, 0.25) is 11.8 Å². The fourth-order valence-corrected chi connectivity index (χ4v) is 5.02. The fraction of sp³-hybridized carbons (Fsp3) is 0.393. The summed E-state index contributed by atoms with van der Waals surface area (Å²) in [6.07, 6.45) is -0.697. The predicted molar refractivity (Wildman–Crippen MR) is 140 cm³/mol. The molecule has 39 heavy (non-hydrogen) atoms. The van der Waals surface area contributed by atoms with Crippen LogP contribution < -0.4 is 20.3 Å². The van der Waals surface area contributed by atoms with Gasteiger partial charge in [-0.2, -0.15) is 13.2 Å². The first-order chi connectivity index (χ1) is 18.6. The van der Waals surface area contributed by atoms with Crippen molar-refractivity contribution in [2.45, 2.75) is 37.4 Å². The van der Waals surface area contributed by atoms with E-state index < -0.39 is 23.0 Å². The van der Waals surface area contributed by atoms with Crippen LogP contribution in [0.5, 0.6) is 5.88 Å². The van der Waals surface area contributed by atoms with Crippen LogP contribution in [0.2, 0.25) is 0 Å². The van der Waals surface area contributed by atoms with Crippen molar-refractivity contribution >= 4 is 11.6 Å². The van der Waals surface area contributed by atoms with E-state index in [4.69, 9.17) is 4.74 Å². The standard InChI is InChI=1S/C28H31F4N5O2/c1-18(16-33-2)36-26(38)27(20-6-8-23(35-17-20)21-5-4-12-34-25(21)39-3)10-13-37(14-11-27)24-9-7-19(15-22(24)29)28(30,31)32/h4-9,12,15,17-18,33H,10-11,13-14,16H2,1-3H3,(H,36,38). The Morgan fingerprint density at radius 3 is 2.49 bits per heavy atom. The van der Waals surface area contributed by atoms with Crippen LogP contribution in [-0.4, -0.2) is 55.7 Å². The lowest BCUT2D eigenvalue weighted by atomic mass is 9.72. The number of rotatable bonds is 8. The minimum Gasteiger partial charge on any atom is -0.481 e. The molecular formula is C28H31F4N5O2. The highest BCUT2D eigenvalue weighted by molar-refractivity contribution is 5.89. The molecule has 4 rings (SSSR count). The summed E-state index contributed by atoms with van der Waals surface area (Å²) in [7, 11) is 3.32. The Bertz CT molecular complexity index is 1290. The molecule has 11 heteroatoms. The minimum absolute atomic E-state index is 0.0812. The van der Waals surface area contributed by atoms with Crippen LogP contribution in [0.15, 0.2) is 54.9 Å². The molecule has 208 valence electrons. The zero-order chi connectivity index (χ0) is 28.2. The molecule has 0 bridgehead atoms. The molecule has 1 aliphatic rings. The minimum atomic E-state index is -4.63. The topological polar surface area (TPSA) is 79.4 Å². The number of anilines is 1. The molecule has 1 amide bonds. The quantitative estimate of drug-likeness (QED) is 0.404. The molecule has 2 aromatic heterocycles. The highest BCUT2D eigenvalue weighted by Gasteiger charge is 2.44. The molecule has 1 unspecified atom stereocenters. The summed E-state index contributed by atoms with van der Waals surface area (Å²) in [6.45, 7) is 3.01. The normalized spacial score (nSPS) is 16.0. The van der Waals surface area contributed by atoms with Gasteiger partial charge in [0, 0.05) is 38.1 Å². The molecule has 0 saturated carbocycles. The van der Waals surface area contributed by atoms with Gasteiger partial charge in [-0.3, -0.25) is 9.78 Å². The van der Waals surface area contributed by atoms with Gasteiger partial charge in [-0.25, -0.2) is 9.37 Å². The Balaban J connectivity index is 1.63. The van der Waals surface area contributed by atoms with E-state index in [0.717, 1.165) is 12.1 Å². The van der Waals surface area contributed by atoms with E-state index in [-0.39, 0.29) is 30.7 Å². The van der Waals surface area contributed by atoms with Crippen molar-refractivity contribution in [1.82, 2.24) is 20.6 Å². The average Bonchev–Trinajstić information content (AvgIpc) is 2.93. The second-order valence-corrected chi connectivity index (χ2v) is 9.66. The fourth-order valence-electron chi connectivity index (χ4n) is 5.02. The number of aromatic nitrogens is 2. The molecule has 1 fully saturated rings. The SMILES string of the molecule is CNCC(C)NC(=O)C1(c2ccc(-c3cccnc3OC)nc2)CCN(c2ccc(C(F)(F)F)cc2F)CC1. The van der Waals surface area contributed by atoms with Crippen molar-refractivity contribution in [1.29, 1.82) is 0 Å². The number of halogens is 4. The smallest absolute Gasteiger partial charge is 0.416 e. The Kier molecular flexibility index (Phi) is 8.39. The first-order valence-corrected chi connectivity index (χ1v) is 12.6. The number of hydrogen-bond donors (Lipinski definition) is 2. The number of hydrogen-bond acceptors (Lipinski definition) is 6. The Hall–Kier alpha value is -3.73. The maximum absolute atomic E-state index is 14.7. The summed E-state index contributed by atoms with van der Waals surface area (Å²) in [5, 5.41) is 6.11. The Morgan fingerprint density at radius 2 is 1.90 bits per heavy atom. The molecule has 3 heterocycles. The number of carbonyl (C=O) groups excluding carboxylic acids is 1. The van der Waals surface area contributed by atoms with Gasteiger partial charge in [0.25, 0.3) is 0 Å². The number of piperidine rings is 1. The number of ether oxygens (including phenoxy) is 1. The van der Waals surface area contributed by atoms with E-state index >= 15 is 0 Å². The van der Waals surface area contributed by atoms with E-state index in [1.807, 2.05) is 25.1 Å². The van der Waals surface area contributed by atoms with E-state index in [0.29, 0.717) is 48.2 Å². The van der Waals surface area contributed by atoms with Crippen LogP contribution in [0.25, 0.3) is 11.3 Å². The predicted octanol–water partition coefficient (Wildman–Crippen LogP) is 4.57. The molecule has 7 nitrogen and oxygen atoms in total. The number of nitrogens with zero attached hydrogens (tertiary/aromatic N) is 3. The number of methoxy groups -OCH3 is 1. The van der Waals surface area contributed by atoms with Gasteiger partial charge < -0.3 is 20.3 Å². The van der Waals surface area contributed by atoms with Crippen molar-refractivity contribution in [2.75, 3.05) is 38.7 Å². The maximum Gasteiger partial charge on any atom is 0.416 e. The monoisotopic (exact) mass is 545 g/mol. The Morgan fingerprint density at radius 1 is 1.15 bits per heavy atom. The molecule has 1 aliphatic heterocycles. The van der Waals surface area contributed by atoms with Crippen molar-refractivity contribution in [3.05, 3.63) is 71.8 Å². The van der Waals surface area contributed by atoms with Crippen LogP contribution in [0, 0.1) is 5.82 Å². The van der Waals surface area contributed by atoms with Crippen LogP contribution in [0.3, 0.4) is 0 Å². The van der Waals surface area contributed by atoms with Gasteiger partial charge in [0.05, 0.1) is 35.0 Å². The molecule has 0 radical (unpaired) electrons. The Labute approximate surface area is 224 Å². The lowest BCUT2D eigenvalue weighted by molar-refractivity contribution is -0.137. The summed E-state index contributed by atoms with van der Waals surface area (Å²) >= 11 is 0. The lowest BCUT2D eigenvalue weighted by Crippen LogP contribution is -2.54. The van der Waals surface area contributed by atoms with Crippen molar-refractivity contribution in [3.63, 3.8) is 0 Å². The van der Waals surface area contributed by atoms with Gasteiger partial charge in [-0.15, -0.1) is 0 Å². The highest BCUT2D eigenvalue weighted by Crippen LogP contribution is 2.40. The lowest BCUT2D eigenvalue weighted by Gasteiger charge is -2.42. The largest absolute Gasteiger partial charge is 0.481 e. The van der Waals surface area contributed by atoms with E-state index in [1.54, 1.807) is 30.4 Å². The third-order valence-electron chi connectivity index (χ3n) is 7.11. The van der Waals surface area contributed by atoms with Crippen LogP contribution in [0.1, 0.15) is 30.9 Å². The van der Waals surface area contributed by atoms with Gasteiger partial charge in [-0.1, -0.05) is 6.07 Å². The maximum atomic E-state index is 14.7. The van der Waals surface area contributed by atoms with Gasteiger partial charge in [0.1, 0.15) is 5.82 Å². The molecule has 1 saturated heterocycles. The third kappa shape index (κ3) is 5.98. The summed E-state index contributed by atoms with van der Waals surface area (Å²) in [6, 6.07) is 9.68. The second-order valence-electron chi connectivity index (χ2n) is 9.66. The number of carbonyl (C=O) groups is 1. The molecule has 2 N–H and O–H groups in total. The third-order valence-corrected chi connectivity index (χ3v) is 7.11. The number of pyridine rings is 2. The highest BCUT2D eigenvalue weighted by atomic mass is 19.4. The first-order valence-electron chi connectivity index (χ1n) is 12.6. The summed E-state index contributed by atoms with van der Waals surface area (Å²) in [5.74, 6) is -0.690. The average molecular weight is 546 g/mol.